The molecule has 0 aliphatic heterocycles. The number of aromatic nitrogens is 1. The van der Waals surface area contributed by atoms with Gasteiger partial charge in [0.1, 0.15) is 0 Å². The quantitative estimate of drug-likeness (QED) is 0.922. The number of primary sulfonamides is 1. The van der Waals surface area contributed by atoms with Crippen LogP contribution in [0.3, 0.4) is 0 Å². The molecule has 0 amide bonds. The van der Waals surface area contributed by atoms with E-state index in [0.29, 0.717) is 5.92 Å². The summed E-state index contributed by atoms with van der Waals surface area (Å²) < 4.78 is 24.9. The van der Waals surface area contributed by atoms with Crippen LogP contribution in [-0.4, -0.2) is 13.0 Å². The maximum atomic E-state index is 11.4. The van der Waals surface area contributed by atoms with Crippen LogP contribution in [0.5, 0.6) is 0 Å². The van der Waals surface area contributed by atoms with E-state index in [1.54, 1.807) is 24.3 Å². The largest absolute Gasteiger partial charge is 0.316 e. The number of sulfonamides is 1. The lowest BCUT2D eigenvalue weighted by molar-refractivity contribution is 0.598. The topological polar surface area (TPSA) is 65.1 Å². The summed E-state index contributed by atoms with van der Waals surface area (Å²) in [6.07, 6.45) is 7.59. The summed E-state index contributed by atoms with van der Waals surface area (Å²) in [5.41, 5.74) is 5.76. The van der Waals surface area contributed by atoms with Crippen molar-refractivity contribution in [2.45, 2.75) is 32.1 Å². The predicted octanol–water partition coefficient (Wildman–Crippen LogP) is 3.80. The second-order valence-electron chi connectivity index (χ2n) is 6.50. The van der Waals surface area contributed by atoms with Crippen LogP contribution in [0, 0.1) is 12.8 Å². The second kappa shape index (κ2) is 6.07. The molecule has 1 heterocycles. The Labute approximate surface area is 143 Å². The van der Waals surface area contributed by atoms with E-state index < -0.39 is 10.0 Å². The van der Waals surface area contributed by atoms with Gasteiger partial charge >= 0.3 is 0 Å². The summed E-state index contributed by atoms with van der Waals surface area (Å²) >= 11 is 0. The smallest absolute Gasteiger partial charge is 0.238 e. The van der Waals surface area contributed by atoms with E-state index in [1.165, 1.54) is 11.1 Å². The highest BCUT2D eigenvalue weighted by Crippen LogP contribution is 2.31. The lowest BCUT2D eigenvalue weighted by Crippen LogP contribution is -2.12. The molecule has 2 N–H and O–H groups in total. The lowest BCUT2D eigenvalue weighted by atomic mass is 9.90. The first-order chi connectivity index (χ1) is 11.3. The molecule has 4 nitrogen and oxygen atoms in total. The van der Waals surface area contributed by atoms with E-state index in [-0.39, 0.29) is 4.90 Å². The van der Waals surface area contributed by atoms with Crippen LogP contribution in [0.1, 0.15) is 31.5 Å². The molecule has 1 aromatic carbocycles. The van der Waals surface area contributed by atoms with Crippen molar-refractivity contribution in [2.24, 2.45) is 11.1 Å². The average Bonchev–Trinajstić information content (AvgIpc) is 2.91. The van der Waals surface area contributed by atoms with Crippen molar-refractivity contribution in [3.8, 4) is 5.69 Å². The fourth-order valence-corrected chi connectivity index (χ4v) is 3.46. The molecule has 3 rings (SSSR count). The molecular formula is C19H22N2O2S. The minimum absolute atomic E-state index is 0.123. The Hall–Kier alpha value is -2.11. The Kier molecular flexibility index (Phi) is 4.24. The van der Waals surface area contributed by atoms with Gasteiger partial charge < -0.3 is 4.57 Å². The van der Waals surface area contributed by atoms with Crippen LogP contribution >= 0.6 is 0 Å². The number of nitrogens with two attached hydrogens (primary N) is 1. The van der Waals surface area contributed by atoms with Crippen LogP contribution in [0.2, 0.25) is 0 Å². The van der Waals surface area contributed by atoms with Crippen LogP contribution in [-0.2, 0) is 10.0 Å². The maximum absolute atomic E-state index is 11.4. The van der Waals surface area contributed by atoms with Crippen LogP contribution in [0.25, 0.3) is 11.3 Å². The van der Waals surface area contributed by atoms with Crippen molar-refractivity contribution in [3.05, 3.63) is 65.5 Å². The van der Waals surface area contributed by atoms with Crippen molar-refractivity contribution in [1.29, 1.82) is 0 Å². The van der Waals surface area contributed by atoms with E-state index in [9.17, 15) is 8.42 Å². The Morgan fingerprint density at radius 2 is 1.83 bits per heavy atom. The number of rotatable bonds is 3. The number of hydrogen-bond donors (Lipinski definition) is 1. The van der Waals surface area contributed by atoms with Gasteiger partial charge in [-0.2, -0.15) is 0 Å². The molecule has 1 atom stereocenters. The van der Waals surface area contributed by atoms with E-state index in [2.05, 4.69) is 49.8 Å². The van der Waals surface area contributed by atoms with Gasteiger partial charge in [-0.05, 0) is 67.7 Å². The third kappa shape index (κ3) is 3.23. The number of hydrogen-bond acceptors (Lipinski definition) is 2. The number of aryl methyl sites for hydroxylation is 1. The first kappa shape index (κ1) is 16.7. The Morgan fingerprint density at radius 3 is 2.42 bits per heavy atom. The monoisotopic (exact) mass is 342 g/mol. The standard InChI is InChI=1S/C19H22N2O2S/c1-13-10-19(16-5-4-14(2)15(3)11-16)21(12-13)17-6-8-18(9-7-17)24(20,22)23/h5-12,14H,4H2,1-3H3,(H2,20,22,23). The molecule has 0 saturated carbocycles. The van der Waals surface area contributed by atoms with Crippen molar-refractivity contribution in [2.75, 3.05) is 0 Å². The molecular weight excluding hydrogens is 320 g/mol. The molecule has 0 saturated heterocycles. The number of benzene rings is 1. The molecule has 0 spiro atoms. The normalized spacial score (nSPS) is 18.2. The predicted molar refractivity (Wildman–Crippen MR) is 97.4 cm³/mol. The van der Waals surface area contributed by atoms with Crippen molar-refractivity contribution in [1.82, 2.24) is 4.57 Å². The summed E-state index contributed by atoms with van der Waals surface area (Å²) in [6, 6.07) is 8.81. The third-order valence-corrected chi connectivity index (χ3v) is 5.48. The highest BCUT2D eigenvalue weighted by atomic mass is 32.2. The molecule has 5 heteroatoms. The summed E-state index contributed by atoms with van der Waals surface area (Å²) in [5.74, 6) is 0.576. The van der Waals surface area contributed by atoms with E-state index in [0.717, 1.165) is 23.4 Å². The molecule has 1 aliphatic carbocycles. The van der Waals surface area contributed by atoms with Gasteiger partial charge in [0.25, 0.3) is 0 Å². The number of nitrogens with zero attached hydrogens (tertiary/aromatic N) is 1. The van der Waals surface area contributed by atoms with Crippen LogP contribution in [0.4, 0.5) is 0 Å². The summed E-state index contributed by atoms with van der Waals surface area (Å²) in [4.78, 5) is 0.123. The molecule has 126 valence electrons. The molecule has 0 fully saturated rings. The first-order valence-electron chi connectivity index (χ1n) is 7.96. The molecule has 24 heavy (non-hydrogen) atoms. The van der Waals surface area contributed by atoms with E-state index in [4.69, 9.17) is 5.14 Å². The second-order valence-corrected chi connectivity index (χ2v) is 8.06. The van der Waals surface area contributed by atoms with Gasteiger partial charge in [-0.3, -0.25) is 0 Å². The Balaban J connectivity index is 2.05. The zero-order valence-electron chi connectivity index (χ0n) is 14.2. The minimum atomic E-state index is -3.67. The molecule has 1 aliphatic rings. The molecule has 2 aromatic rings. The van der Waals surface area contributed by atoms with Gasteiger partial charge in [-0.15, -0.1) is 0 Å². The Bertz CT molecular complexity index is 932. The summed E-state index contributed by atoms with van der Waals surface area (Å²) in [5, 5.41) is 5.17. The highest BCUT2D eigenvalue weighted by molar-refractivity contribution is 7.89. The SMILES string of the molecule is CC1=CC(c2cc(C)cn2-c2ccc(S(N)(=O)=O)cc2)=CCC1C. The van der Waals surface area contributed by atoms with Gasteiger partial charge in [-0.1, -0.05) is 24.6 Å². The maximum Gasteiger partial charge on any atom is 0.238 e. The molecule has 1 unspecified atom stereocenters. The van der Waals surface area contributed by atoms with Gasteiger partial charge in [0.15, 0.2) is 0 Å². The van der Waals surface area contributed by atoms with Gasteiger partial charge in [0.05, 0.1) is 10.6 Å². The van der Waals surface area contributed by atoms with Crippen molar-refractivity contribution < 1.29 is 8.42 Å². The van der Waals surface area contributed by atoms with Crippen molar-refractivity contribution >= 4 is 15.6 Å². The molecule has 1 aromatic heterocycles. The number of allylic oxidation sites excluding steroid dienone is 4. The highest BCUT2D eigenvalue weighted by Gasteiger charge is 2.15. The van der Waals surface area contributed by atoms with Crippen LogP contribution in [0.15, 0.2) is 59.1 Å². The van der Waals surface area contributed by atoms with Gasteiger partial charge in [0, 0.05) is 11.9 Å². The fourth-order valence-electron chi connectivity index (χ4n) is 2.94. The van der Waals surface area contributed by atoms with Crippen LogP contribution < -0.4 is 5.14 Å². The van der Waals surface area contributed by atoms with Gasteiger partial charge in [-0.25, -0.2) is 13.6 Å². The minimum Gasteiger partial charge on any atom is -0.316 e. The first-order valence-corrected chi connectivity index (χ1v) is 9.51. The fraction of sp³-hybridized carbons (Fsp3) is 0.263. The molecule has 0 radical (unpaired) electrons. The summed E-state index contributed by atoms with van der Waals surface area (Å²) in [6.45, 7) is 6.45. The van der Waals surface area contributed by atoms with Gasteiger partial charge in [0.2, 0.25) is 10.0 Å². The average molecular weight is 342 g/mol. The third-order valence-electron chi connectivity index (χ3n) is 4.55. The van der Waals surface area contributed by atoms with Crippen molar-refractivity contribution in [3.63, 3.8) is 0 Å². The zero-order chi connectivity index (χ0) is 17.5. The lowest BCUT2D eigenvalue weighted by Gasteiger charge is -2.19. The van der Waals surface area contributed by atoms with E-state index >= 15 is 0 Å². The van der Waals surface area contributed by atoms with E-state index in [1.807, 2.05) is 0 Å². The Morgan fingerprint density at radius 1 is 1.17 bits per heavy atom. The summed E-state index contributed by atoms with van der Waals surface area (Å²) in [7, 11) is -3.67. The molecule has 0 bridgehead atoms. The zero-order valence-corrected chi connectivity index (χ0v) is 15.0.